The smallest absolute Gasteiger partial charge is 0.416 e. The number of rotatable bonds is 8. The Labute approximate surface area is 221 Å². The molecule has 2 N–H and O–H groups in total. The highest BCUT2D eigenvalue weighted by molar-refractivity contribution is 5.99. The monoisotopic (exact) mass is 543 g/mol. The molecule has 10 heteroatoms. The van der Waals surface area contributed by atoms with E-state index in [-0.39, 0.29) is 25.0 Å². The van der Waals surface area contributed by atoms with E-state index in [2.05, 4.69) is 5.32 Å². The van der Waals surface area contributed by atoms with E-state index in [0.717, 1.165) is 12.1 Å². The third-order valence-corrected chi connectivity index (χ3v) is 7.37. The summed E-state index contributed by atoms with van der Waals surface area (Å²) in [5.74, 6) is -1.54. The number of ether oxygens (including phenoxy) is 2. The van der Waals surface area contributed by atoms with Crippen LogP contribution in [0.2, 0.25) is 0 Å². The van der Waals surface area contributed by atoms with Gasteiger partial charge in [-0.25, -0.2) is 9.18 Å². The molecule has 0 spiro atoms. The number of fused-ring (bicyclic) bond motifs is 1. The molecule has 1 aliphatic heterocycles. The van der Waals surface area contributed by atoms with E-state index < -0.39 is 40.4 Å². The van der Waals surface area contributed by atoms with Crippen LogP contribution in [0.3, 0.4) is 0 Å². The summed E-state index contributed by atoms with van der Waals surface area (Å²) in [7, 11) is 1.49. The minimum Gasteiger partial charge on any atom is -0.497 e. The molecule has 0 saturated heterocycles. The van der Waals surface area contributed by atoms with Gasteiger partial charge in [0, 0.05) is 23.1 Å². The van der Waals surface area contributed by atoms with Crippen molar-refractivity contribution in [2.45, 2.75) is 49.5 Å². The number of hydrogen-bond acceptors (Lipinski definition) is 5. The summed E-state index contributed by atoms with van der Waals surface area (Å²) in [6.45, 7) is 0.0475. The number of esters is 1. The lowest BCUT2D eigenvalue weighted by Crippen LogP contribution is -2.47. The van der Waals surface area contributed by atoms with Gasteiger partial charge in [-0.3, -0.25) is 4.79 Å². The van der Waals surface area contributed by atoms with Crippen molar-refractivity contribution in [1.29, 1.82) is 0 Å². The van der Waals surface area contributed by atoms with Crippen molar-refractivity contribution in [2.24, 2.45) is 0 Å². The van der Waals surface area contributed by atoms with Crippen LogP contribution in [-0.2, 0) is 34.2 Å². The first-order chi connectivity index (χ1) is 18.4. The van der Waals surface area contributed by atoms with Crippen molar-refractivity contribution in [3.63, 3.8) is 0 Å². The number of carbonyl (C=O) groups excluding carboxylic acids is 2. The zero-order valence-corrected chi connectivity index (χ0v) is 20.9. The Bertz CT molecular complexity index is 1430. The third-order valence-electron chi connectivity index (χ3n) is 7.37. The van der Waals surface area contributed by atoms with Crippen LogP contribution in [0, 0.1) is 5.82 Å². The molecule has 1 aliphatic carbocycles. The molecule has 1 fully saturated rings. The van der Waals surface area contributed by atoms with Crippen molar-refractivity contribution >= 4 is 17.6 Å². The van der Waals surface area contributed by atoms with Crippen LogP contribution >= 0.6 is 0 Å². The zero-order valence-electron chi connectivity index (χ0n) is 20.9. The molecule has 1 atom stereocenters. The molecule has 3 aromatic rings. The summed E-state index contributed by atoms with van der Waals surface area (Å²) in [6, 6.07) is 13.4. The second kappa shape index (κ2) is 9.68. The standard InChI is InChI=1S/C29H25F4NO5/c1-38-21-6-2-17(3-7-21)14-28(37,26(36)34-20-5-8-22-18(12-20)15-39-25(22)35)16-27(10-11-27)23-13-19(29(31,32)33)4-9-24(23)30/h2-9,12-13,37H,10-11,14-16H2,1H3,(H,34,36). The van der Waals surface area contributed by atoms with Crippen molar-refractivity contribution in [3.05, 3.63) is 94.3 Å². The molecule has 0 radical (unpaired) electrons. The zero-order chi connectivity index (χ0) is 28.0. The summed E-state index contributed by atoms with van der Waals surface area (Å²) in [5.41, 5.74) is -2.62. The maximum absolute atomic E-state index is 14.9. The Hall–Kier alpha value is -3.92. The number of carbonyl (C=O) groups is 2. The van der Waals surface area contributed by atoms with Gasteiger partial charge in [0.2, 0.25) is 0 Å². The van der Waals surface area contributed by atoms with Gasteiger partial charge in [-0.2, -0.15) is 13.2 Å². The third kappa shape index (κ3) is 5.34. The minimum atomic E-state index is -4.67. The number of nitrogens with one attached hydrogen (secondary N) is 1. The fraction of sp³-hybridized carbons (Fsp3) is 0.310. The fourth-order valence-corrected chi connectivity index (χ4v) is 5.12. The highest BCUT2D eigenvalue weighted by Crippen LogP contribution is 2.55. The quantitative estimate of drug-likeness (QED) is 0.287. The molecule has 39 heavy (non-hydrogen) atoms. The van der Waals surface area contributed by atoms with Gasteiger partial charge >= 0.3 is 12.1 Å². The fourth-order valence-electron chi connectivity index (χ4n) is 5.12. The van der Waals surface area contributed by atoms with Gasteiger partial charge < -0.3 is 19.9 Å². The van der Waals surface area contributed by atoms with Crippen molar-refractivity contribution in [2.75, 3.05) is 12.4 Å². The second-order valence-corrected chi connectivity index (χ2v) is 10.1. The maximum atomic E-state index is 14.9. The number of halogens is 4. The Balaban J connectivity index is 1.48. The van der Waals surface area contributed by atoms with Crippen molar-refractivity contribution < 1.29 is 41.7 Å². The molecule has 1 unspecified atom stereocenters. The molecule has 2 aliphatic rings. The number of methoxy groups -OCH3 is 1. The predicted octanol–water partition coefficient (Wildman–Crippen LogP) is 5.56. The lowest BCUT2D eigenvalue weighted by Gasteiger charge is -2.32. The molecule has 1 amide bonds. The summed E-state index contributed by atoms with van der Waals surface area (Å²) in [4.78, 5) is 25.4. The van der Waals surface area contributed by atoms with Gasteiger partial charge in [0.15, 0.2) is 0 Å². The van der Waals surface area contributed by atoms with E-state index in [1.165, 1.54) is 19.2 Å². The number of aliphatic hydroxyl groups is 1. The molecule has 0 bridgehead atoms. The maximum Gasteiger partial charge on any atom is 0.416 e. The first kappa shape index (κ1) is 26.7. The molecule has 3 aromatic carbocycles. The summed E-state index contributed by atoms with van der Waals surface area (Å²) in [6.07, 6.45) is -4.54. The van der Waals surface area contributed by atoms with E-state index in [1.807, 2.05) is 0 Å². The number of benzene rings is 3. The van der Waals surface area contributed by atoms with E-state index in [4.69, 9.17) is 9.47 Å². The van der Waals surface area contributed by atoms with Crippen LogP contribution in [0.5, 0.6) is 5.75 Å². The predicted molar refractivity (Wildman–Crippen MR) is 133 cm³/mol. The number of cyclic esters (lactones) is 1. The second-order valence-electron chi connectivity index (χ2n) is 10.1. The average Bonchev–Trinajstić information content (AvgIpc) is 3.57. The van der Waals surface area contributed by atoms with Crippen LogP contribution in [0.1, 0.15) is 51.9 Å². The van der Waals surface area contributed by atoms with Crippen LogP contribution in [0.4, 0.5) is 23.2 Å². The van der Waals surface area contributed by atoms with Crippen LogP contribution in [0.25, 0.3) is 0 Å². The Morgan fingerprint density at radius 1 is 1.08 bits per heavy atom. The SMILES string of the molecule is COc1ccc(CC(O)(CC2(c3cc(C(F)(F)F)ccc3F)CC2)C(=O)Nc2ccc3c(c2)COC3=O)cc1. The van der Waals surface area contributed by atoms with E-state index in [0.29, 0.717) is 47.0 Å². The normalized spacial score (nSPS) is 17.1. The summed E-state index contributed by atoms with van der Waals surface area (Å²) < 4.78 is 65.3. The van der Waals surface area contributed by atoms with Crippen molar-refractivity contribution in [1.82, 2.24) is 0 Å². The molecule has 1 heterocycles. The van der Waals surface area contributed by atoms with Crippen molar-refractivity contribution in [3.8, 4) is 5.75 Å². The molecular weight excluding hydrogens is 518 g/mol. The minimum absolute atomic E-state index is 0.0475. The van der Waals surface area contributed by atoms with Gasteiger partial charge in [-0.15, -0.1) is 0 Å². The number of hydrogen-bond donors (Lipinski definition) is 2. The van der Waals surface area contributed by atoms with Gasteiger partial charge in [0.1, 0.15) is 23.8 Å². The van der Waals surface area contributed by atoms with E-state index in [1.54, 1.807) is 30.3 Å². The lowest BCUT2D eigenvalue weighted by atomic mass is 9.78. The van der Waals surface area contributed by atoms with Gasteiger partial charge in [0.25, 0.3) is 5.91 Å². The van der Waals surface area contributed by atoms with Gasteiger partial charge in [-0.05, 0) is 78.9 Å². The van der Waals surface area contributed by atoms with Crippen LogP contribution < -0.4 is 10.1 Å². The molecular formula is C29H25F4NO5. The molecule has 5 rings (SSSR count). The van der Waals surface area contributed by atoms with Gasteiger partial charge in [0.05, 0.1) is 18.2 Å². The molecule has 1 saturated carbocycles. The molecule has 204 valence electrons. The first-order valence-corrected chi connectivity index (χ1v) is 12.3. The molecule has 0 aromatic heterocycles. The van der Waals surface area contributed by atoms with E-state index in [9.17, 15) is 32.3 Å². The van der Waals surface area contributed by atoms with Gasteiger partial charge in [-0.1, -0.05) is 12.1 Å². The Morgan fingerprint density at radius 3 is 2.44 bits per heavy atom. The average molecular weight is 544 g/mol. The topological polar surface area (TPSA) is 84.9 Å². The lowest BCUT2D eigenvalue weighted by molar-refractivity contribution is -0.138. The Kier molecular flexibility index (Phi) is 6.62. The highest BCUT2D eigenvalue weighted by Gasteiger charge is 2.54. The summed E-state index contributed by atoms with van der Waals surface area (Å²) >= 11 is 0. The van der Waals surface area contributed by atoms with Crippen LogP contribution in [0.15, 0.2) is 60.7 Å². The number of alkyl halides is 3. The van der Waals surface area contributed by atoms with Crippen LogP contribution in [-0.4, -0.2) is 29.7 Å². The number of anilines is 1. The molecule has 6 nitrogen and oxygen atoms in total. The first-order valence-electron chi connectivity index (χ1n) is 12.3. The Morgan fingerprint density at radius 2 is 1.79 bits per heavy atom. The summed E-state index contributed by atoms with van der Waals surface area (Å²) in [5, 5.41) is 14.5. The number of amides is 1. The van der Waals surface area contributed by atoms with E-state index >= 15 is 0 Å². The highest BCUT2D eigenvalue weighted by atomic mass is 19.4. The largest absolute Gasteiger partial charge is 0.497 e.